The smallest absolute Gasteiger partial charge is 0.240 e. The number of anilines is 2. The molecule has 1 aliphatic rings. The fourth-order valence-corrected chi connectivity index (χ4v) is 4.92. The number of nitrogens with zero attached hydrogens (tertiary/aromatic N) is 2. The maximum atomic E-state index is 13.2. The highest BCUT2D eigenvalue weighted by Crippen LogP contribution is 2.47. The Labute approximate surface area is 240 Å². The molecule has 0 aliphatic heterocycles. The molecule has 1 saturated carbocycles. The summed E-state index contributed by atoms with van der Waals surface area (Å²) >= 11 is 0. The van der Waals surface area contributed by atoms with Crippen LogP contribution >= 0.6 is 0 Å². The minimum Gasteiger partial charge on any atom is -0.496 e. The Morgan fingerprint density at radius 2 is 1.55 bits per heavy atom. The number of hydrogen-bond acceptors (Lipinski definition) is 7. The van der Waals surface area contributed by atoms with Crippen LogP contribution < -0.4 is 20.1 Å². The van der Waals surface area contributed by atoms with Gasteiger partial charge in [0.2, 0.25) is 11.8 Å². The maximum Gasteiger partial charge on any atom is 0.240 e. The van der Waals surface area contributed by atoms with Crippen LogP contribution in [0.15, 0.2) is 77.4 Å². The lowest BCUT2D eigenvalue weighted by Crippen LogP contribution is -2.35. The van der Waals surface area contributed by atoms with E-state index in [1.165, 1.54) is 24.3 Å². The lowest BCUT2D eigenvalue weighted by Gasteiger charge is -2.16. The number of nitrogens with one attached hydrogen (secondary N) is 2. The monoisotopic (exact) mass is 566 g/mol. The zero-order valence-corrected chi connectivity index (χ0v) is 23.2. The molecule has 1 fully saturated rings. The number of rotatable bonds is 8. The second-order valence-corrected chi connectivity index (χ2v) is 10.2. The molecule has 0 saturated heterocycles. The first-order chi connectivity index (χ1) is 20.3. The molecule has 3 aromatic carbocycles. The van der Waals surface area contributed by atoms with Gasteiger partial charge in [-0.15, -0.1) is 0 Å². The van der Waals surface area contributed by atoms with Gasteiger partial charge in [0.05, 0.1) is 23.9 Å². The lowest BCUT2D eigenvalue weighted by atomic mass is 10.0. The van der Waals surface area contributed by atoms with Gasteiger partial charge in [0, 0.05) is 34.6 Å². The SMILES string of the molecule is COc1cc2nccc(Oc3ccc(NC(=O)C4(C(=O)Nc5ccc(F)cc5)CC4)cc3)c2cc1-c1c(C)noc1C. The second kappa shape index (κ2) is 10.6. The molecule has 2 N–H and O–H groups in total. The summed E-state index contributed by atoms with van der Waals surface area (Å²) in [4.78, 5) is 30.4. The van der Waals surface area contributed by atoms with Crippen LogP contribution in [0.3, 0.4) is 0 Å². The van der Waals surface area contributed by atoms with Crippen molar-refractivity contribution in [3.05, 3.63) is 90.2 Å². The lowest BCUT2D eigenvalue weighted by molar-refractivity contribution is -0.131. The van der Waals surface area contributed by atoms with Gasteiger partial charge in [-0.25, -0.2) is 4.39 Å². The molecule has 5 aromatic rings. The topological polar surface area (TPSA) is 116 Å². The predicted molar refractivity (Wildman–Crippen MR) is 155 cm³/mol. The molecule has 0 bridgehead atoms. The molecule has 212 valence electrons. The summed E-state index contributed by atoms with van der Waals surface area (Å²) in [5.41, 5.74) is 2.91. The van der Waals surface area contributed by atoms with Gasteiger partial charge in [-0.05, 0) is 87.4 Å². The fourth-order valence-electron chi connectivity index (χ4n) is 4.92. The summed E-state index contributed by atoms with van der Waals surface area (Å²) in [6.45, 7) is 3.72. The van der Waals surface area contributed by atoms with Gasteiger partial charge in [0.25, 0.3) is 0 Å². The minimum atomic E-state index is -1.15. The Bertz CT molecular complexity index is 1790. The van der Waals surface area contributed by atoms with E-state index in [0.717, 1.165) is 22.2 Å². The molecular formula is C32H27FN4O5. The zero-order valence-electron chi connectivity index (χ0n) is 23.2. The minimum absolute atomic E-state index is 0.392. The van der Waals surface area contributed by atoms with Crippen LogP contribution in [0.4, 0.5) is 15.8 Å². The van der Waals surface area contributed by atoms with Crippen LogP contribution in [-0.4, -0.2) is 29.1 Å². The van der Waals surface area contributed by atoms with Crippen molar-refractivity contribution in [3.63, 3.8) is 0 Å². The van der Waals surface area contributed by atoms with Crippen LogP contribution in [0.2, 0.25) is 0 Å². The third-order valence-corrected chi connectivity index (χ3v) is 7.39. The fraction of sp³-hybridized carbons (Fsp3) is 0.188. The highest BCUT2D eigenvalue weighted by Gasteiger charge is 2.56. The number of fused-ring (bicyclic) bond motifs is 1. The zero-order chi connectivity index (χ0) is 29.4. The third-order valence-electron chi connectivity index (χ3n) is 7.39. The van der Waals surface area contributed by atoms with Crippen molar-refractivity contribution in [2.45, 2.75) is 26.7 Å². The van der Waals surface area contributed by atoms with E-state index in [1.807, 2.05) is 26.0 Å². The van der Waals surface area contributed by atoms with E-state index in [0.29, 0.717) is 52.7 Å². The van der Waals surface area contributed by atoms with Gasteiger partial charge in [-0.3, -0.25) is 14.6 Å². The summed E-state index contributed by atoms with van der Waals surface area (Å²) in [5, 5.41) is 10.4. The third kappa shape index (κ3) is 5.03. The predicted octanol–water partition coefficient (Wildman–Crippen LogP) is 6.80. The Morgan fingerprint density at radius 3 is 2.12 bits per heavy atom. The Hall–Kier alpha value is -5.25. The summed E-state index contributed by atoms with van der Waals surface area (Å²) in [7, 11) is 1.60. The van der Waals surface area contributed by atoms with Gasteiger partial charge in [-0.2, -0.15) is 0 Å². The van der Waals surface area contributed by atoms with Gasteiger partial charge >= 0.3 is 0 Å². The first-order valence-corrected chi connectivity index (χ1v) is 13.3. The van der Waals surface area contributed by atoms with Crippen LogP contribution in [0.1, 0.15) is 24.3 Å². The number of aromatic nitrogens is 2. The molecule has 2 aromatic heterocycles. The molecule has 0 radical (unpaired) electrons. The summed E-state index contributed by atoms with van der Waals surface area (Å²) in [6.07, 6.45) is 2.53. The number of halogens is 1. The van der Waals surface area contributed by atoms with Crippen molar-refractivity contribution in [2.75, 3.05) is 17.7 Å². The molecule has 2 heterocycles. The second-order valence-electron chi connectivity index (χ2n) is 10.2. The average molecular weight is 567 g/mol. The average Bonchev–Trinajstić information content (AvgIpc) is 3.74. The van der Waals surface area contributed by atoms with Gasteiger partial charge < -0.3 is 24.6 Å². The number of carbonyl (C=O) groups excluding carboxylic acids is 2. The number of carbonyl (C=O) groups is 2. The van der Waals surface area contributed by atoms with Crippen molar-refractivity contribution >= 4 is 34.1 Å². The van der Waals surface area contributed by atoms with Crippen molar-refractivity contribution in [1.82, 2.24) is 10.1 Å². The van der Waals surface area contributed by atoms with Gasteiger partial charge in [0.15, 0.2) is 0 Å². The van der Waals surface area contributed by atoms with Crippen LogP contribution in [0.5, 0.6) is 17.2 Å². The molecule has 42 heavy (non-hydrogen) atoms. The summed E-state index contributed by atoms with van der Waals surface area (Å²) in [6, 6.07) is 17.9. The number of ether oxygens (including phenoxy) is 2. The number of pyridine rings is 1. The number of benzene rings is 3. The van der Waals surface area contributed by atoms with Gasteiger partial charge in [0.1, 0.15) is 34.2 Å². The van der Waals surface area contributed by atoms with E-state index in [2.05, 4.69) is 20.8 Å². The summed E-state index contributed by atoms with van der Waals surface area (Å²) in [5.74, 6) is 1.24. The molecule has 0 spiro atoms. The number of methoxy groups -OCH3 is 1. The van der Waals surface area contributed by atoms with E-state index in [1.54, 1.807) is 43.6 Å². The Balaban J connectivity index is 1.19. The normalized spacial score (nSPS) is 13.4. The van der Waals surface area contributed by atoms with Crippen LogP contribution in [0, 0.1) is 25.1 Å². The molecule has 2 amide bonds. The highest BCUT2D eigenvalue weighted by atomic mass is 19.1. The first-order valence-electron chi connectivity index (χ1n) is 13.3. The van der Waals surface area contributed by atoms with Crippen LogP contribution in [-0.2, 0) is 9.59 Å². The largest absolute Gasteiger partial charge is 0.496 e. The van der Waals surface area contributed by atoms with E-state index < -0.39 is 23.0 Å². The maximum absolute atomic E-state index is 13.2. The van der Waals surface area contributed by atoms with E-state index >= 15 is 0 Å². The molecule has 9 nitrogen and oxygen atoms in total. The van der Waals surface area contributed by atoms with Crippen molar-refractivity contribution in [3.8, 4) is 28.4 Å². The molecule has 0 unspecified atom stereocenters. The van der Waals surface area contributed by atoms with E-state index in [9.17, 15) is 14.0 Å². The number of aryl methyl sites for hydroxylation is 2. The van der Waals surface area contributed by atoms with E-state index in [-0.39, 0.29) is 0 Å². The Kier molecular flexibility index (Phi) is 6.82. The summed E-state index contributed by atoms with van der Waals surface area (Å²) < 4.78 is 30.4. The van der Waals surface area contributed by atoms with Crippen molar-refractivity contribution < 1.29 is 28.0 Å². The van der Waals surface area contributed by atoms with Crippen molar-refractivity contribution in [1.29, 1.82) is 0 Å². The Morgan fingerprint density at radius 1 is 0.905 bits per heavy atom. The molecular weight excluding hydrogens is 539 g/mol. The molecule has 6 rings (SSSR count). The van der Waals surface area contributed by atoms with Crippen molar-refractivity contribution in [2.24, 2.45) is 5.41 Å². The van der Waals surface area contributed by atoms with Gasteiger partial charge in [-0.1, -0.05) is 5.16 Å². The van der Waals surface area contributed by atoms with Crippen LogP contribution in [0.25, 0.3) is 22.0 Å². The number of hydrogen-bond donors (Lipinski definition) is 2. The highest BCUT2D eigenvalue weighted by molar-refractivity contribution is 6.16. The molecule has 10 heteroatoms. The van der Waals surface area contributed by atoms with E-state index in [4.69, 9.17) is 14.0 Å². The number of amides is 2. The molecule has 0 atom stereocenters. The first kappa shape index (κ1) is 26.9. The standard InChI is InChI=1S/C32H27FN4O5/c1-18-29(19(2)42-37-18)25-16-24-26(17-28(25)40-3)34-15-12-27(24)41-23-10-8-22(9-11-23)36-31(39)32(13-14-32)30(38)35-21-6-4-20(33)5-7-21/h4-12,15-17H,13-14H2,1-3H3,(H,35,38)(H,36,39). The quantitative estimate of drug-likeness (QED) is 0.198. The molecule has 1 aliphatic carbocycles.